The largest absolute Gasteiger partial charge is 0.359 e. The van der Waals surface area contributed by atoms with E-state index in [-0.39, 0.29) is 0 Å². The normalized spacial score (nSPS) is 31.9. The molecule has 1 N–H and O–H groups in total. The second kappa shape index (κ2) is 5.80. The van der Waals surface area contributed by atoms with E-state index in [0.29, 0.717) is 5.54 Å². The molecule has 2 heterocycles. The summed E-state index contributed by atoms with van der Waals surface area (Å²) >= 11 is 1.91. The maximum absolute atomic E-state index is 4.74. The first-order chi connectivity index (χ1) is 9.67. The van der Waals surface area contributed by atoms with Gasteiger partial charge in [0.2, 0.25) is 0 Å². The SMILES string of the molecule is CC1CCC2(CC1)CSC(=NCCc1ccnn1C)N2. The van der Waals surface area contributed by atoms with Crippen LogP contribution in [0.4, 0.5) is 0 Å². The molecule has 4 nitrogen and oxygen atoms in total. The van der Waals surface area contributed by atoms with Gasteiger partial charge < -0.3 is 5.32 Å². The highest BCUT2D eigenvalue weighted by atomic mass is 32.2. The number of nitrogens with one attached hydrogen (secondary N) is 1. The van der Waals surface area contributed by atoms with Crippen molar-refractivity contribution in [3.8, 4) is 0 Å². The summed E-state index contributed by atoms with van der Waals surface area (Å²) in [4.78, 5) is 4.74. The van der Waals surface area contributed by atoms with Crippen LogP contribution in [0.15, 0.2) is 17.3 Å². The van der Waals surface area contributed by atoms with Crippen LogP contribution < -0.4 is 5.32 Å². The summed E-state index contributed by atoms with van der Waals surface area (Å²) in [6.45, 7) is 3.22. The maximum Gasteiger partial charge on any atom is 0.157 e. The molecule has 0 radical (unpaired) electrons. The van der Waals surface area contributed by atoms with Crippen molar-refractivity contribution in [1.82, 2.24) is 15.1 Å². The Morgan fingerprint density at radius 1 is 1.50 bits per heavy atom. The molecule has 0 atom stereocenters. The van der Waals surface area contributed by atoms with E-state index in [0.717, 1.165) is 24.1 Å². The highest BCUT2D eigenvalue weighted by Gasteiger charge is 2.39. The predicted molar refractivity (Wildman–Crippen MR) is 85.2 cm³/mol. The molecule has 3 rings (SSSR count). The Hall–Kier alpha value is -0.970. The number of aliphatic imine (C=N–C) groups is 1. The molecule has 110 valence electrons. The van der Waals surface area contributed by atoms with E-state index in [1.807, 2.05) is 29.7 Å². The van der Waals surface area contributed by atoms with Gasteiger partial charge >= 0.3 is 0 Å². The second-order valence-electron chi connectivity index (χ2n) is 6.26. The van der Waals surface area contributed by atoms with Crippen molar-refractivity contribution in [1.29, 1.82) is 0 Å². The minimum atomic E-state index is 0.350. The fraction of sp³-hybridized carbons (Fsp3) is 0.733. The Morgan fingerprint density at radius 2 is 2.30 bits per heavy atom. The second-order valence-corrected chi connectivity index (χ2v) is 7.22. The number of thioether (sulfide) groups is 1. The summed E-state index contributed by atoms with van der Waals surface area (Å²) in [6.07, 6.45) is 8.14. The Bertz CT molecular complexity index is 486. The lowest BCUT2D eigenvalue weighted by molar-refractivity contribution is 0.251. The third kappa shape index (κ3) is 3.03. The van der Waals surface area contributed by atoms with Crippen LogP contribution in [-0.4, -0.2) is 32.8 Å². The van der Waals surface area contributed by atoms with Gasteiger partial charge in [-0.3, -0.25) is 9.67 Å². The maximum atomic E-state index is 4.74. The summed E-state index contributed by atoms with van der Waals surface area (Å²) < 4.78 is 1.93. The number of amidine groups is 1. The van der Waals surface area contributed by atoms with E-state index in [9.17, 15) is 0 Å². The molecule has 1 saturated carbocycles. The molecule has 1 aliphatic heterocycles. The predicted octanol–water partition coefficient (Wildman–Crippen LogP) is 2.60. The van der Waals surface area contributed by atoms with Crippen LogP contribution in [0.2, 0.25) is 0 Å². The minimum Gasteiger partial charge on any atom is -0.359 e. The zero-order chi connectivity index (χ0) is 14.0. The molecule has 1 saturated heterocycles. The van der Waals surface area contributed by atoms with E-state index in [1.165, 1.54) is 37.1 Å². The number of aryl methyl sites for hydroxylation is 1. The lowest BCUT2D eigenvalue weighted by atomic mass is 9.78. The standard InChI is InChI=1S/C15H24N4S/c1-12-3-7-15(8-4-12)11-20-14(18-15)16-9-5-13-6-10-17-19(13)2/h6,10,12H,3-5,7-9,11H2,1-2H3,(H,16,18). The van der Waals surface area contributed by atoms with Crippen LogP contribution >= 0.6 is 11.8 Å². The van der Waals surface area contributed by atoms with E-state index in [4.69, 9.17) is 4.99 Å². The van der Waals surface area contributed by atoms with Gasteiger partial charge in [0.15, 0.2) is 5.17 Å². The smallest absolute Gasteiger partial charge is 0.157 e. The lowest BCUT2D eigenvalue weighted by Gasteiger charge is -2.35. The fourth-order valence-corrected chi connectivity index (χ4v) is 4.34. The van der Waals surface area contributed by atoms with Crippen LogP contribution in [0, 0.1) is 5.92 Å². The molecule has 0 amide bonds. The van der Waals surface area contributed by atoms with E-state index in [2.05, 4.69) is 23.4 Å². The summed E-state index contributed by atoms with van der Waals surface area (Å²) in [5.41, 5.74) is 1.60. The van der Waals surface area contributed by atoms with E-state index >= 15 is 0 Å². The Balaban J connectivity index is 1.52. The van der Waals surface area contributed by atoms with Crippen LogP contribution in [0.25, 0.3) is 0 Å². The molecular formula is C15H24N4S. The summed E-state index contributed by atoms with van der Waals surface area (Å²) in [5, 5.41) is 9.06. The van der Waals surface area contributed by atoms with Crippen molar-refractivity contribution in [2.24, 2.45) is 18.0 Å². The minimum absolute atomic E-state index is 0.350. The van der Waals surface area contributed by atoms with E-state index < -0.39 is 0 Å². The van der Waals surface area contributed by atoms with Crippen LogP contribution in [0.3, 0.4) is 0 Å². The Labute approximate surface area is 125 Å². The van der Waals surface area contributed by atoms with Gasteiger partial charge in [-0.15, -0.1) is 0 Å². The number of hydrogen-bond donors (Lipinski definition) is 1. The summed E-state index contributed by atoms with van der Waals surface area (Å²) in [7, 11) is 1.99. The molecule has 0 unspecified atom stereocenters. The van der Waals surface area contributed by atoms with Crippen molar-refractivity contribution in [3.05, 3.63) is 18.0 Å². The van der Waals surface area contributed by atoms with Gasteiger partial charge in [-0.2, -0.15) is 5.10 Å². The first-order valence-corrected chi connectivity index (χ1v) is 8.58. The Kier molecular flexibility index (Phi) is 4.06. The first-order valence-electron chi connectivity index (χ1n) is 7.59. The van der Waals surface area contributed by atoms with Crippen LogP contribution in [0.1, 0.15) is 38.3 Å². The van der Waals surface area contributed by atoms with Crippen molar-refractivity contribution in [3.63, 3.8) is 0 Å². The van der Waals surface area contributed by atoms with Gasteiger partial charge in [0.1, 0.15) is 0 Å². The average molecular weight is 292 g/mol. The van der Waals surface area contributed by atoms with Gasteiger partial charge in [0, 0.05) is 43.2 Å². The zero-order valence-electron chi connectivity index (χ0n) is 12.4. The van der Waals surface area contributed by atoms with Crippen molar-refractivity contribution < 1.29 is 0 Å². The quantitative estimate of drug-likeness (QED) is 0.931. The monoisotopic (exact) mass is 292 g/mol. The highest BCUT2D eigenvalue weighted by Crippen LogP contribution is 2.38. The molecule has 20 heavy (non-hydrogen) atoms. The molecule has 0 aromatic carbocycles. The third-order valence-electron chi connectivity index (χ3n) is 4.63. The van der Waals surface area contributed by atoms with Gasteiger partial charge in [-0.05, 0) is 37.7 Å². The zero-order valence-corrected chi connectivity index (χ0v) is 13.2. The lowest BCUT2D eigenvalue weighted by Crippen LogP contribution is -2.46. The fourth-order valence-electron chi connectivity index (χ4n) is 3.09. The molecule has 1 aromatic heterocycles. The highest BCUT2D eigenvalue weighted by molar-refractivity contribution is 8.14. The molecule has 2 aliphatic rings. The van der Waals surface area contributed by atoms with Crippen molar-refractivity contribution in [2.45, 2.75) is 44.6 Å². The molecule has 1 aromatic rings. The number of rotatable bonds is 3. The number of aromatic nitrogens is 2. The third-order valence-corrected chi connectivity index (χ3v) is 5.84. The van der Waals surface area contributed by atoms with Crippen LogP contribution in [-0.2, 0) is 13.5 Å². The molecule has 0 bridgehead atoms. The van der Waals surface area contributed by atoms with Gasteiger partial charge in [-0.25, -0.2) is 0 Å². The molecule has 1 aliphatic carbocycles. The van der Waals surface area contributed by atoms with Gasteiger partial charge in [-0.1, -0.05) is 18.7 Å². The van der Waals surface area contributed by atoms with Gasteiger partial charge in [0.25, 0.3) is 0 Å². The molecule has 1 spiro atoms. The summed E-state index contributed by atoms with van der Waals surface area (Å²) in [5.74, 6) is 2.10. The van der Waals surface area contributed by atoms with Crippen molar-refractivity contribution in [2.75, 3.05) is 12.3 Å². The van der Waals surface area contributed by atoms with Gasteiger partial charge in [0.05, 0.1) is 0 Å². The van der Waals surface area contributed by atoms with Crippen molar-refractivity contribution >= 4 is 16.9 Å². The summed E-state index contributed by atoms with van der Waals surface area (Å²) in [6, 6.07) is 2.07. The van der Waals surface area contributed by atoms with E-state index in [1.54, 1.807) is 0 Å². The average Bonchev–Trinajstić information content (AvgIpc) is 3.02. The first kappa shape index (κ1) is 14.0. The van der Waals surface area contributed by atoms with Crippen LogP contribution in [0.5, 0.6) is 0 Å². The molecule has 2 fully saturated rings. The number of hydrogen-bond acceptors (Lipinski definition) is 3. The number of nitrogens with zero attached hydrogens (tertiary/aromatic N) is 3. The molecule has 5 heteroatoms. The topological polar surface area (TPSA) is 42.2 Å². The Morgan fingerprint density at radius 3 is 3.00 bits per heavy atom. The molecular weight excluding hydrogens is 268 g/mol.